The van der Waals surface area contributed by atoms with E-state index < -0.39 is 11.6 Å². The molecule has 0 aliphatic heterocycles. The molecule has 2 rings (SSSR count). The molecule has 3 nitrogen and oxygen atoms in total. The molecule has 0 saturated heterocycles. The lowest BCUT2D eigenvalue weighted by Crippen LogP contribution is -2.39. The van der Waals surface area contributed by atoms with E-state index in [0.29, 0.717) is 11.5 Å². The second-order valence-electron chi connectivity index (χ2n) is 5.27. The van der Waals surface area contributed by atoms with Gasteiger partial charge in [0.1, 0.15) is 0 Å². The zero-order chi connectivity index (χ0) is 14.5. The molecule has 0 heterocycles. The predicted molar refractivity (Wildman–Crippen MR) is 76.6 cm³/mol. The largest absolute Gasteiger partial charge is 0.356 e. The number of aliphatic imine (C=N–C) groups is 1. The third kappa shape index (κ3) is 4.18. The van der Waals surface area contributed by atoms with Crippen molar-refractivity contribution in [3.8, 4) is 0 Å². The van der Waals surface area contributed by atoms with E-state index >= 15 is 0 Å². The molecule has 110 valence electrons. The van der Waals surface area contributed by atoms with Crippen LogP contribution >= 0.6 is 0 Å². The Kier molecular flexibility index (Phi) is 4.93. The van der Waals surface area contributed by atoms with Crippen molar-refractivity contribution in [2.45, 2.75) is 32.2 Å². The zero-order valence-corrected chi connectivity index (χ0v) is 11.9. The van der Waals surface area contributed by atoms with Crippen LogP contribution in [0.15, 0.2) is 23.2 Å². The van der Waals surface area contributed by atoms with E-state index in [-0.39, 0.29) is 6.04 Å². The Balaban J connectivity index is 1.86. The summed E-state index contributed by atoms with van der Waals surface area (Å²) >= 11 is 0. The Morgan fingerprint density at radius 2 is 2.10 bits per heavy atom. The van der Waals surface area contributed by atoms with Gasteiger partial charge in [0.2, 0.25) is 0 Å². The molecule has 5 heteroatoms. The molecule has 0 aromatic heterocycles. The van der Waals surface area contributed by atoms with Crippen LogP contribution in [0.4, 0.5) is 8.78 Å². The summed E-state index contributed by atoms with van der Waals surface area (Å²) in [6.45, 7) is 2.77. The summed E-state index contributed by atoms with van der Waals surface area (Å²) in [7, 11) is 1.70. The lowest BCUT2D eigenvalue weighted by Gasteiger charge is -2.18. The highest BCUT2D eigenvalue weighted by Crippen LogP contribution is 2.31. The first-order valence-corrected chi connectivity index (χ1v) is 7.02. The van der Waals surface area contributed by atoms with Crippen LogP contribution in [0.2, 0.25) is 0 Å². The topological polar surface area (TPSA) is 36.4 Å². The molecule has 0 bridgehead atoms. The fourth-order valence-electron chi connectivity index (χ4n) is 2.07. The van der Waals surface area contributed by atoms with E-state index in [1.807, 2.05) is 6.92 Å². The van der Waals surface area contributed by atoms with Crippen LogP contribution in [0.3, 0.4) is 0 Å². The standard InChI is InChI=1S/C15H21F2N3/c1-10(12-5-6-13(16)14(17)9-12)20-15(18-2)19-8-7-11-3-4-11/h5-6,9-11H,3-4,7-8H2,1-2H3,(H2,18,19,20). The summed E-state index contributed by atoms with van der Waals surface area (Å²) in [5.41, 5.74) is 0.689. The zero-order valence-electron chi connectivity index (χ0n) is 11.9. The van der Waals surface area contributed by atoms with Gasteiger partial charge in [0, 0.05) is 13.6 Å². The quantitative estimate of drug-likeness (QED) is 0.643. The van der Waals surface area contributed by atoms with Crippen molar-refractivity contribution < 1.29 is 8.78 Å². The van der Waals surface area contributed by atoms with Crippen molar-refractivity contribution in [3.63, 3.8) is 0 Å². The number of rotatable bonds is 5. The maximum Gasteiger partial charge on any atom is 0.191 e. The van der Waals surface area contributed by atoms with Gasteiger partial charge >= 0.3 is 0 Å². The van der Waals surface area contributed by atoms with Crippen molar-refractivity contribution >= 4 is 5.96 Å². The van der Waals surface area contributed by atoms with Gasteiger partial charge < -0.3 is 10.6 Å². The Morgan fingerprint density at radius 3 is 2.70 bits per heavy atom. The van der Waals surface area contributed by atoms with Crippen LogP contribution in [-0.2, 0) is 0 Å². The molecule has 1 aliphatic carbocycles. The Morgan fingerprint density at radius 1 is 1.35 bits per heavy atom. The van der Waals surface area contributed by atoms with Crippen LogP contribution in [0.1, 0.15) is 37.8 Å². The molecule has 1 atom stereocenters. The van der Waals surface area contributed by atoms with E-state index in [4.69, 9.17) is 0 Å². The van der Waals surface area contributed by atoms with Crippen LogP contribution in [0.5, 0.6) is 0 Å². The molecule has 1 saturated carbocycles. The van der Waals surface area contributed by atoms with E-state index in [1.165, 1.54) is 18.9 Å². The van der Waals surface area contributed by atoms with Gasteiger partial charge in [-0.25, -0.2) is 8.78 Å². The fraction of sp³-hybridized carbons (Fsp3) is 0.533. The average molecular weight is 281 g/mol. The molecular weight excluding hydrogens is 260 g/mol. The predicted octanol–water partition coefficient (Wildman–Crippen LogP) is 2.99. The molecule has 1 aromatic carbocycles. The number of hydrogen-bond donors (Lipinski definition) is 2. The summed E-state index contributed by atoms with van der Waals surface area (Å²) in [5, 5.41) is 6.41. The molecule has 1 aromatic rings. The van der Waals surface area contributed by atoms with Crippen LogP contribution in [0.25, 0.3) is 0 Å². The van der Waals surface area contributed by atoms with Crippen LogP contribution < -0.4 is 10.6 Å². The van der Waals surface area contributed by atoms with Gasteiger partial charge in [-0.05, 0) is 37.0 Å². The number of halogens is 2. The highest BCUT2D eigenvalue weighted by atomic mass is 19.2. The number of nitrogens with one attached hydrogen (secondary N) is 2. The van der Waals surface area contributed by atoms with Gasteiger partial charge in [-0.15, -0.1) is 0 Å². The minimum atomic E-state index is -0.826. The third-order valence-corrected chi connectivity index (χ3v) is 3.56. The summed E-state index contributed by atoms with van der Waals surface area (Å²) in [5.74, 6) is -0.104. The molecule has 0 spiro atoms. The SMILES string of the molecule is CN=C(NCCC1CC1)NC(C)c1ccc(F)c(F)c1. The number of guanidine groups is 1. The minimum Gasteiger partial charge on any atom is -0.356 e. The average Bonchev–Trinajstić information content (AvgIpc) is 3.24. The molecule has 0 amide bonds. The summed E-state index contributed by atoms with van der Waals surface area (Å²) < 4.78 is 26.1. The molecule has 20 heavy (non-hydrogen) atoms. The smallest absolute Gasteiger partial charge is 0.191 e. The highest BCUT2D eigenvalue weighted by molar-refractivity contribution is 5.80. The first kappa shape index (κ1) is 14.8. The normalized spacial score (nSPS) is 16.9. The minimum absolute atomic E-state index is 0.141. The first-order chi connectivity index (χ1) is 9.60. The first-order valence-electron chi connectivity index (χ1n) is 7.02. The van der Waals surface area contributed by atoms with Gasteiger partial charge in [-0.3, -0.25) is 4.99 Å². The van der Waals surface area contributed by atoms with Crippen molar-refractivity contribution in [2.75, 3.05) is 13.6 Å². The third-order valence-electron chi connectivity index (χ3n) is 3.56. The van der Waals surface area contributed by atoms with Gasteiger partial charge in [-0.1, -0.05) is 18.9 Å². The Bertz CT molecular complexity index is 484. The van der Waals surface area contributed by atoms with Crippen LogP contribution in [0, 0.1) is 17.6 Å². The van der Waals surface area contributed by atoms with E-state index in [1.54, 1.807) is 13.1 Å². The van der Waals surface area contributed by atoms with E-state index in [9.17, 15) is 8.78 Å². The monoisotopic (exact) mass is 281 g/mol. The van der Waals surface area contributed by atoms with Crippen molar-refractivity contribution in [2.24, 2.45) is 10.9 Å². The second kappa shape index (κ2) is 6.68. The van der Waals surface area contributed by atoms with Gasteiger partial charge in [0.15, 0.2) is 17.6 Å². The van der Waals surface area contributed by atoms with Crippen LogP contribution in [-0.4, -0.2) is 19.6 Å². The summed E-state index contributed by atoms with van der Waals surface area (Å²) in [4.78, 5) is 4.14. The maximum absolute atomic E-state index is 13.2. The highest BCUT2D eigenvalue weighted by Gasteiger charge is 2.20. The molecule has 2 N–H and O–H groups in total. The summed E-state index contributed by atoms with van der Waals surface area (Å²) in [6.07, 6.45) is 3.82. The Hall–Kier alpha value is -1.65. The van der Waals surface area contributed by atoms with Crippen molar-refractivity contribution in [1.82, 2.24) is 10.6 Å². The fourth-order valence-corrected chi connectivity index (χ4v) is 2.07. The molecule has 1 unspecified atom stereocenters. The lowest BCUT2D eigenvalue weighted by atomic mass is 10.1. The summed E-state index contributed by atoms with van der Waals surface area (Å²) in [6, 6.07) is 3.79. The number of benzene rings is 1. The van der Waals surface area contributed by atoms with E-state index in [2.05, 4.69) is 15.6 Å². The van der Waals surface area contributed by atoms with Crippen molar-refractivity contribution in [1.29, 1.82) is 0 Å². The molecular formula is C15H21F2N3. The molecule has 1 fully saturated rings. The Labute approximate surface area is 118 Å². The maximum atomic E-state index is 13.2. The number of nitrogens with zero attached hydrogens (tertiary/aromatic N) is 1. The lowest BCUT2D eigenvalue weighted by molar-refractivity contribution is 0.504. The van der Waals surface area contributed by atoms with Gasteiger partial charge in [-0.2, -0.15) is 0 Å². The van der Waals surface area contributed by atoms with Gasteiger partial charge in [0.05, 0.1) is 6.04 Å². The second-order valence-corrected chi connectivity index (χ2v) is 5.27. The van der Waals surface area contributed by atoms with Gasteiger partial charge in [0.25, 0.3) is 0 Å². The van der Waals surface area contributed by atoms with E-state index in [0.717, 1.165) is 24.9 Å². The molecule has 0 radical (unpaired) electrons. The van der Waals surface area contributed by atoms with Crippen molar-refractivity contribution in [3.05, 3.63) is 35.4 Å². The number of hydrogen-bond acceptors (Lipinski definition) is 1. The molecule has 1 aliphatic rings.